The third-order valence-electron chi connectivity index (χ3n) is 8.36. The lowest BCUT2D eigenvalue weighted by molar-refractivity contribution is -0.142. The number of carboxylic acid groups (broad SMARTS) is 1. The summed E-state index contributed by atoms with van der Waals surface area (Å²) in [6.07, 6.45) is 7.12. The molecule has 2 aromatic carbocycles. The van der Waals surface area contributed by atoms with Gasteiger partial charge in [0.1, 0.15) is 18.1 Å². The molecule has 0 spiro atoms. The average molecular weight is 684 g/mol. The first-order chi connectivity index (χ1) is 24.1. The van der Waals surface area contributed by atoms with Crippen molar-refractivity contribution in [2.24, 2.45) is 22.2 Å². The van der Waals surface area contributed by atoms with Gasteiger partial charge < -0.3 is 53.2 Å². The van der Waals surface area contributed by atoms with Crippen molar-refractivity contribution in [3.05, 3.63) is 90.3 Å². The summed E-state index contributed by atoms with van der Waals surface area (Å²) < 4.78 is 0. The minimum Gasteiger partial charge on any atom is -0.480 e. The SMILES string of the molecule is NC(N)=NCCCC(N)C(=O)NC(Cc1cnc[nH]1)C(=O)NC(Cc1c[nH]c2ccccc12)C(=O)NC(Cc1c[nH]c2ccccc12)C(=O)O. The van der Waals surface area contributed by atoms with Crippen molar-refractivity contribution in [1.82, 2.24) is 35.9 Å². The Morgan fingerprint density at radius 1 is 0.760 bits per heavy atom. The number of guanidine groups is 1. The second kappa shape index (κ2) is 16.3. The summed E-state index contributed by atoms with van der Waals surface area (Å²) in [5.41, 5.74) is 20.5. The van der Waals surface area contributed by atoms with Gasteiger partial charge in [-0.2, -0.15) is 0 Å². The lowest BCUT2D eigenvalue weighted by atomic mass is 10.0. The monoisotopic (exact) mass is 683 g/mol. The van der Waals surface area contributed by atoms with Gasteiger partial charge in [-0.25, -0.2) is 9.78 Å². The number of rotatable bonds is 17. The Morgan fingerprint density at radius 3 is 1.86 bits per heavy atom. The van der Waals surface area contributed by atoms with Crippen LogP contribution in [0.15, 0.2) is 78.4 Å². The maximum atomic E-state index is 14.0. The maximum Gasteiger partial charge on any atom is 0.326 e. The summed E-state index contributed by atoms with van der Waals surface area (Å²) in [5, 5.41) is 19.9. The molecule has 4 unspecified atom stereocenters. The van der Waals surface area contributed by atoms with Crippen LogP contribution in [0.2, 0.25) is 0 Å². The number of fused-ring (bicyclic) bond motifs is 2. The van der Waals surface area contributed by atoms with E-state index in [9.17, 15) is 24.3 Å². The largest absolute Gasteiger partial charge is 0.480 e. The van der Waals surface area contributed by atoms with Gasteiger partial charge in [-0.05, 0) is 36.1 Å². The van der Waals surface area contributed by atoms with E-state index in [1.54, 1.807) is 12.4 Å². The standard InChI is InChI=1S/C34H41N11O5/c35-24(8-5-11-39-34(36)37)30(46)43-28(14-21-17-38-18-42-21)32(48)44-27(12-19-15-40-25-9-3-1-6-22(19)25)31(47)45-29(33(49)50)13-20-16-41-26-10-4-2-7-23(20)26/h1-4,6-7,9-10,15-18,24,27-29,40-41H,5,8,11-14,35H2,(H,38,42)(H,43,46)(H,44,48)(H,45,47)(H,49,50)(H4,36,37,39). The average Bonchev–Trinajstić information content (AvgIpc) is 3.86. The number of aliphatic carboxylic acids is 1. The van der Waals surface area contributed by atoms with Gasteiger partial charge >= 0.3 is 5.97 Å². The van der Waals surface area contributed by atoms with Gasteiger partial charge in [0.25, 0.3) is 0 Å². The molecule has 16 nitrogen and oxygen atoms in total. The van der Waals surface area contributed by atoms with E-state index < -0.39 is 47.9 Å². The third kappa shape index (κ3) is 9.04. The van der Waals surface area contributed by atoms with Crippen LogP contribution in [0.4, 0.5) is 0 Å². The molecule has 5 aromatic rings. The topological polar surface area (TPSA) is 275 Å². The number of nitrogens with zero attached hydrogens (tertiary/aromatic N) is 2. The summed E-state index contributed by atoms with van der Waals surface area (Å²) in [6, 6.07) is 10.3. The van der Waals surface area contributed by atoms with Crippen LogP contribution in [-0.4, -0.2) is 85.4 Å². The zero-order valence-corrected chi connectivity index (χ0v) is 27.2. The number of hydrogen-bond acceptors (Lipinski definition) is 7. The van der Waals surface area contributed by atoms with Crippen LogP contribution >= 0.6 is 0 Å². The zero-order chi connectivity index (χ0) is 35.6. The second-order valence-corrected chi connectivity index (χ2v) is 12.0. The molecule has 0 saturated heterocycles. The number of hydrogen-bond donors (Lipinski definition) is 10. The number of aromatic nitrogens is 4. The number of carboxylic acids is 1. The fourth-order valence-electron chi connectivity index (χ4n) is 5.75. The molecule has 50 heavy (non-hydrogen) atoms. The summed E-state index contributed by atoms with van der Waals surface area (Å²) >= 11 is 0. The van der Waals surface area contributed by atoms with Gasteiger partial charge in [-0.15, -0.1) is 0 Å². The summed E-state index contributed by atoms with van der Waals surface area (Å²) in [7, 11) is 0. The number of carbonyl (C=O) groups excluding carboxylic acids is 3. The van der Waals surface area contributed by atoms with Gasteiger partial charge in [0, 0.05) is 71.9 Å². The molecule has 262 valence electrons. The van der Waals surface area contributed by atoms with Crippen molar-refractivity contribution >= 4 is 51.5 Å². The third-order valence-corrected chi connectivity index (χ3v) is 8.36. The van der Waals surface area contributed by atoms with Gasteiger partial charge in [0.05, 0.1) is 12.4 Å². The number of nitrogens with two attached hydrogens (primary N) is 3. The number of carbonyl (C=O) groups is 4. The number of H-pyrrole nitrogens is 3. The number of nitrogens with one attached hydrogen (secondary N) is 6. The highest BCUT2D eigenvalue weighted by Gasteiger charge is 2.32. The highest BCUT2D eigenvalue weighted by atomic mass is 16.4. The molecule has 4 atom stereocenters. The number of imidazole rings is 1. The number of para-hydroxylation sites is 2. The van der Waals surface area contributed by atoms with E-state index in [1.807, 2.05) is 48.5 Å². The van der Waals surface area contributed by atoms with E-state index in [0.717, 1.165) is 27.4 Å². The Morgan fingerprint density at radius 2 is 1.30 bits per heavy atom. The molecule has 0 bridgehead atoms. The van der Waals surface area contributed by atoms with Crippen LogP contribution in [-0.2, 0) is 38.4 Å². The molecule has 0 radical (unpaired) electrons. The van der Waals surface area contributed by atoms with Crippen LogP contribution in [0.3, 0.4) is 0 Å². The molecule has 0 fully saturated rings. The first kappa shape index (κ1) is 35.2. The highest BCUT2D eigenvalue weighted by molar-refractivity contribution is 5.95. The highest BCUT2D eigenvalue weighted by Crippen LogP contribution is 2.21. The number of benzene rings is 2. The van der Waals surface area contributed by atoms with Crippen LogP contribution < -0.4 is 33.2 Å². The van der Waals surface area contributed by atoms with Crippen molar-refractivity contribution in [2.45, 2.75) is 56.3 Å². The van der Waals surface area contributed by atoms with Crippen LogP contribution in [0.1, 0.15) is 29.7 Å². The maximum absolute atomic E-state index is 14.0. The van der Waals surface area contributed by atoms with Crippen molar-refractivity contribution < 1.29 is 24.3 Å². The smallest absolute Gasteiger partial charge is 0.326 e. The van der Waals surface area contributed by atoms with Crippen molar-refractivity contribution in [3.8, 4) is 0 Å². The number of aromatic amines is 3. The normalized spacial score (nSPS) is 13.6. The van der Waals surface area contributed by atoms with E-state index in [-0.39, 0.29) is 38.2 Å². The van der Waals surface area contributed by atoms with E-state index in [4.69, 9.17) is 17.2 Å². The van der Waals surface area contributed by atoms with E-state index >= 15 is 0 Å². The molecule has 3 heterocycles. The molecule has 0 aliphatic heterocycles. The Labute approximate surface area is 286 Å². The molecule has 5 rings (SSSR count). The summed E-state index contributed by atoms with van der Waals surface area (Å²) in [4.78, 5) is 70.5. The quantitative estimate of drug-likeness (QED) is 0.0367. The molecule has 0 aliphatic rings. The van der Waals surface area contributed by atoms with E-state index in [0.29, 0.717) is 17.7 Å². The van der Waals surface area contributed by atoms with Crippen molar-refractivity contribution in [1.29, 1.82) is 0 Å². The fraction of sp³-hybridized carbons (Fsp3) is 0.294. The lowest BCUT2D eigenvalue weighted by Gasteiger charge is -2.25. The van der Waals surface area contributed by atoms with Gasteiger partial charge in [0.15, 0.2) is 5.96 Å². The summed E-state index contributed by atoms with van der Waals surface area (Å²) in [5.74, 6) is -3.28. The molecule has 13 N–H and O–H groups in total. The number of aliphatic imine (C=N–C) groups is 1. The first-order valence-electron chi connectivity index (χ1n) is 16.1. The molecule has 0 saturated carbocycles. The molecular formula is C34H41N11O5. The van der Waals surface area contributed by atoms with Crippen LogP contribution in [0.5, 0.6) is 0 Å². The zero-order valence-electron chi connectivity index (χ0n) is 27.2. The molecule has 3 amide bonds. The van der Waals surface area contributed by atoms with E-state index in [1.165, 1.54) is 12.5 Å². The minimum absolute atomic E-state index is 0.00157. The lowest BCUT2D eigenvalue weighted by Crippen LogP contribution is -2.58. The van der Waals surface area contributed by atoms with Crippen LogP contribution in [0.25, 0.3) is 21.8 Å². The molecular weight excluding hydrogens is 642 g/mol. The van der Waals surface area contributed by atoms with Gasteiger partial charge in [-0.3, -0.25) is 19.4 Å². The fourth-order valence-corrected chi connectivity index (χ4v) is 5.75. The Hall–Kier alpha value is -6.16. The van der Waals surface area contributed by atoms with Crippen molar-refractivity contribution in [3.63, 3.8) is 0 Å². The Kier molecular flexibility index (Phi) is 11.5. The summed E-state index contributed by atoms with van der Waals surface area (Å²) in [6.45, 7) is 0.281. The number of amides is 3. The van der Waals surface area contributed by atoms with Crippen molar-refractivity contribution in [2.75, 3.05) is 6.54 Å². The molecule has 16 heteroatoms. The van der Waals surface area contributed by atoms with Gasteiger partial charge in [-0.1, -0.05) is 36.4 Å². The molecule has 3 aromatic heterocycles. The predicted octanol–water partition coefficient (Wildman–Crippen LogP) is 0.320. The predicted molar refractivity (Wildman–Crippen MR) is 188 cm³/mol. The van der Waals surface area contributed by atoms with E-state index in [2.05, 4.69) is 40.9 Å². The second-order valence-electron chi connectivity index (χ2n) is 12.0. The first-order valence-corrected chi connectivity index (χ1v) is 16.1. The minimum atomic E-state index is -1.30. The Bertz CT molecular complexity index is 1960. The van der Waals surface area contributed by atoms with Gasteiger partial charge in [0.2, 0.25) is 17.7 Å². The Balaban J connectivity index is 1.37. The van der Waals surface area contributed by atoms with Crippen LogP contribution in [0, 0.1) is 0 Å². The molecule has 0 aliphatic carbocycles.